The fourth-order valence-electron chi connectivity index (χ4n) is 3.72. The van der Waals surface area contributed by atoms with E-state index in [2.05, 4.69) is 0 Å². The molecule has 0 spiro atoms. The maximum atomic E-state index is 12.7. The lowest BCUT2D eigenvalue weighted by molar-refractivity contribution is -0.132. The molecule has 7 nitrogen and oxygen atoms in total. The molecule has 2 amide bonds. The van der Waals surface area contributed by atoms with Crippen LogP contribution in [0.25, 0.3) is 0 Å². The largest absolute Gasteiger partial charge is 0.484 e. The normalized spacial score (nSPS) is 15.8. The van der Waals surface area contributed by atoms with Crippen molar-refractivity contribution >= 4 is 34.9 Å². The molecule has 2 aromatic carbocycles. The highest BCUT2D eigenvalue weighted by Crippen LogP contribution is 2.33. The summed E-state index contributed by atoms with van der Waals surface area (Å²) in [5.74, 6) is 0.204. The van der Waals surface area contributed by atoms with Gasteiger partial charge >= 0.3 is 0 Å². The van der Waals surface area contributed by atoms with Crippen molar-refractivity contribution in [3.8, 4) is 11.5 Å². The smallest absolute Gasteiger partial charge is 0.265 e. The van der Waals surface area contributed by atoms with E-state index in [0.717, 1.165) is 19.3 Å². The topological polar surface area (TPSA) is 76.2 Å². The zero-order valence-corrected chi connectivity index (χ0v) is 17.8. The highest BCUT2D eigenvalue weighted by Gasteiger charge is 2.30. The van der Waals surface area contributed by atoms with Crippen molar-refractivity contribution in [3.05, 3.63) is 53.1 Å². The summed E-state index contributed by atoms with van der Waals surface area (Å²) in [6.07, 6.45) is 3.07. The third-order valence-corrected chi connectivity index (χ3v) is 5.73. The van der Waals surface area contributed by atoms with Crippen LogP contribution in [0.5, 0.6) is 11.5 Å². The van der Waals surface area contributed by atoms with Gasteiger partial charge in [0, 0.05) is 18.7 Å². The molecule has 2 heterocycles. The van der Waals surface area contributed by atoms with Crippen molar-refractivity contribution in [1.82, 2.24) is 4.90 Å². The van der Waals surface area contributed by atoms with Gasteiger partial charge in [0.05, 0.1) is 10.7 Å². The third-order valence-electron chi connectivity index (χ3n) is 5.42. The fraction of sp³-hybridized carbons (Fsp3) is 0.348. The Kier molecular flexibility index (Phi) is 6.42. The second-order valence-corrected chi connectivity index (χ2v) is 7.94. The molecule has 0 unspecified atom stereocenters. The quantitative estimate of drug-likeness (QED) is 0.641. The number of fused-ring (bicyclic) bond motifs is 1. The molecule has 31 heavy (non-hydrogen) atoms. The van der Waals surface area contributed by atoms with Gasteiger partial charge in [-0.2, -0.15) is 0 Å². The fourth-order valence-corrected chi connectivity index (χ4v) is 3.91. The maximum Gasteiger partial charge on any atom is 0.265 e. The number of ether oxygens (including phenoxy) is 2. The van der Waals surface area contributed by atoms with Crippen LogP contribution in [0.3, 0.4) is 0 Å². The molecule has 1 fully saturated rings. The van der Waals surface area contributed by atoms with Crippen LogP contribution in [-0.4, -0.2) is 55.3 Å². The van der Waals surface area contributed by atoms with Gasteiger partial charge < -0.3 is 14.4 Å². The summed E-state index contributed by atoms with van der Waals surface area (Å²) >= 11 is 6.06. The minimum atomic E-state index is -0.310. The number of carbonyl (C=O) groups is 3. The Bertz CT molecular complexity index is 1000. The van der Waals surface area contributed by atoms with Crippen LogP contribution in [0.2, 0.25) is 5.02 Å². The highest BCUT2D eigenvalue weighted by atomic mass is 35.5. The Morgan fingerprint density at radius 3 is 2.61 bits per heavy atom. The van der Waals surface area contributed by atoms with E-state index in [1.54, 1.807) is 47.4 Å². The first-order valence-electron chi connectivity index (χ1n) is 10.3. The Labute approximate surface area is 185 Å². The molecule has 0 saturated carbocycles. The van der Waals surface area contributed by atoms with Crippen LogP contribution in [-0.2, 0) is 9.59 Å². The molecular weight excluding hydrogens is 420 g/mol. The number of benzene rings is 2. The molecule has 0 aliphatic carbocycles. The van der Waals surface area contributed by atoms with Crippen LogP contribution in [0.15, 0.2) is 42.5 Å². The summed E-state index contributed by atoms with van der Waals surface area (Å²) < 4.78 is 11.0. The number of piperidine rings is 1. The number of ketones is 1. The number of rotatable bonds is 6. The van der Waals surface area contributed by atoms with E-state index in [9.17, 15) is 14.4 Å². The second-order valence-electron chi connectivity index (χ2n) is 7.53. The molecule has 2 aliphatic rings. The van der Waals surface area contributed by atoms with Gasteiger partial charge in [0.2, 0.25) is 5.91 Å². The van der Waals surface area contributed by atoms with E-state index < -0.39 is 0 Å². The number of carbonyl (C=O) groups excluding carboxylic acids is 3. The summed E-state index contributed by atoms with van der Waals surface area (Å²) in [6, 6.07) is 11.8. The minimum Gasteiger partial charge on any atom is -0.484 e. The van der Waals surface area contributed by atoms with Gasteiger partial charge in [0.25, 0.3) is 5.91 Å². The first kappa shape index (κ1) is 21.2. The molecule has 0 aromatic heterocycles. The summed E-state index contributed by atoms with van der Waals surface area (Å²) in [7, 11) is 0. The van der Waals surface area contributed by atoms with Gasteiger partial charge in [-0.15, -0.1) is 0 Å². The zero-order chi connectivity index (χ0) is 21.8. The third kappa shape index (κ3) is 4.82. The molecule has 0 N–H and O–H groups in total. The van der Waals surface area contributed by atoms with Gasteiger partial charge in [0.15, 0.2) is 19.0 Å². The predicted octanol–water partition coefficient (Wildman–Crippen LogP) is 3.34. The van der Waals surface area contributed by atoms with Crippen molar-refractivity contribution < 1.29 is 23.9 Å². The Balaban J connectivity index is 1.49. The van der Waals surface area contributed by atoms with E-state index >= 15 is 0 Å². The van der Waals surface area contributed by atoms with Crippen LogP contribution < -0.4 is 14.4 Å². The first-order valence-corrected chi connectivity index (χ1v) is 10.7. The van der Waals surface area contributed by atoms with Gasteiger partial charge in [-0.25, -0.2) is 0 Å². The van der Waals surface area contributed by atoms with Crippen molar-refractivity contribution in [2.24, 2.45) is 0 Å². The maximum absolute atomic E-state index is 12.7. The van der Waals surface area contributed by atoms with Gasteiger partial charge in [-0.05, 0) is 49.6 Å². The number of hydrogen-bond acceptors (Lipinski definition) is 5. The second kappa shape index (κ2) is 9.39. The number of anilines is 1. The zero-order valence-electron chi connectivity index (χ0n) is 17.0. The van der Waals surface area contributed by atoms with E-state index in [-0.39, 0.29) is 37.4 Å². The van der Waals surface area contributed by atoms with E-state index in [1.165, 1.54) is 4.90 Å². The van der Waals surface area contributed by atoms with Crippen molar-refractivity contribution in [2.45, 2.75) is 19.3 Å². The molecule has 8 heteroatoms. The number of Topliss-reactive ketones (excluding diaryl/α,β-unsaturated/α-hetero) is 1. The lowest BCUT2D eigenvalue weighted by Gasteiger charge is -2.32. The summed E-state index contributed by atoms with van der Waals surface area (Å²) in [5.41, 5.74) is 0.782. The number of nitrogens with zero attached hydrogens (tertiary/aromatic N) is 2. The van der Waals surface area contributed by atoms with Crippen LogP contribution in [0.4, 0.5) is 5.69 Å². The number of likely N-dealkylation sites (tertiary alicyclic amines) is 1. The van der Waals surface area contributed by atoms with Gasteiger partial charge in [0.1, 0.15) is 18.0 Å². The molecule has 2 aromatic rings. The van der Waals surface area contributed by atoms with E-state index in [1.807, 2.05) is 0 Å². The molecule has 2 aliphatic heterocycles. The van der Waals surface area contributed by atoms with Crippen molar-refractivity contribution in [2.75, 3.05) is 37.7 Å². The van der Waals surface area contributed by atoms with Crippen LogP contribution >= 0.6 is 11.6 Å². The molecule has 162 valence electrons. The van der Waals surface area contributed by atoms with Crippen molar-refractivity contribution in [3.63, 3.8) is 0 Å². The molecule has 4 rings (SSSR count). The molecular formula is C23H23ClN2O5. The number of halogens is 1. The lowest BCUT2D eigenvalue weighted by atomic mass is 10.1. The summed E-state index contributed by atoms with van der Waals surface area (Å²) in [4.78, 5) is 41.1. The number of hydrogen-bond donors (Lipinski definition) is 0. The summed E-state index contributed by atoms with van der Waals surface area (Å²) in [6.45, 7) is 1.01. The van der Waals surface area contributed by atoms with E-state index in [0.29, 0.717) is 40.9 Å². The standard InChI is InChI=1S/C23H23ClN2O5/c24-17-6-2-3-7-20(17)30-14-19(27)16-8-9-21-18(12-16)26(23(29)15-31-21)13-22(28)25-10-4-1-5-11-25/h2-3,6-9,12H,1,4-5,10-11,13-15H2. The Hall–Kier alpha value is -3.06. The Morgan fingerprint density at radius 1 is 1.06 bits per heavy atom. The Morgan fingerprint density at radius 2 is 1.84 bits per heavy atom. The lowest BCUT2D eigenvalue weighted by Crippen LogP contribution is -2.47. The monoisotopic (exact) mass is 442 g/mol. The summed E-state index contributed by atoms with van der Waals surface area (Å²) in [5, 5.41) is 0.419. The average molecular weight is 443 g/mol. The molecule has 0 atom stereocenters. The number of amides is 2. The van der Waals surface area contributed by atoms with Crippen LogP contribution in [0.1, 0.15) is 29.6 Å². The van der Waals surface area contributed by atoms with Crippen molar-refractivity contribution in [1.29, 1.82) is 0 Å². The molecule has 1 saturated heterocycles. The van der Waals surface area contributed by atoms with Gasteiger partial charge in [-0.3, -0.25) is 19.3 Å². The number of para-hydroxylation sites is 1. The van der Waals surface area contributed by atoms with Gasteiger partial charge in [-0.1, -0.05) is 23.7 Å². The highest BCUT2D eigenvalue weighted by molar-refractivity contribution is 6.32. The SMILES string of the molecule is O=C(COc1ccccc1Cl)c1ccc2c(c1)N(CC(=O)N1CCCCC1)C(=O)CO2. The minimum absolute atomic E-state index is 0.0665. The predicted molar refractivity (Wildman–Crippen MR) is 116 cm³/mol. The van der Waals surface area contributed by atoms with Crippen LogP contribution in [0, 0.1) is 0 Å². The average Bonchev–Trinajstić information content (AvgIpc) is 2.80. The van der Waals surface area contributed by atoms with E-state index in [4.69, 9.17) is 21.1 Å². The first-order chi connectivity index (χ1) is 15.0. The molecule has 0 bridgehead atoms. The molecule has 0 radical (unpaired) electrons.